The van der Waals surface area contributed by atoms with Crippen molar-refractivity contribution in [2.24, 2.45) is 16.7 Å². The molecule has 0 aromatic carbocycles. The zero-order chi connectivity index (χ0) is 13.7. The number of hydrogen-bond donors (Lipinski definition) is 0. The number of nitrogens with zero attached hydrogens (tertiary/aromatic N) is 2. The van der Waals surface area contributed by atoms with Crippen molar-refractivity contribution in [1.29, 1.82) is 0 Å². The number of rotatable bonds is 3. The number of fused-ring (bicyclic) bond motifs is 2. The van der Waals surface area contributed by atoms with E-state index in [0.717, 1.165) is 6.42 Å². The molecule has 1 aromatic rings. The molecule has 0 N–H and O–H groups in total. The second kappa shape index (κ2) is 4.09. The van der Waals surface area contributed by atoms with Gasteiger partial charge < -0.3 is 9.30 Å². The van der Waals surface area contributed by atoms with Crippen LogP contribution in [0.4, 0.5) is 0 Å². The van der Waals surface area contributed by atoms with E-state index < -0.39 is 0 Å². The summed E-state index contributed by atoms with van der Waals surface area (Å²) in [5.74, 6) is 0.552. The SMILES string of the molecule is CC1(C)[C@@H]2CC[C@@]1(C)[C@H](OC(=O)Cn1ccnc1)C2. The summed E-state index contributed by atoms with van der Waals surface area (Å²) in [6.07, 6.45) is 8.67. The molecule has 0 aliphatic heterocycles. The fourth-order valence-corrected chi connectivity index (χ4v) is 4.03. The van der Waals surface area contributed by atoms with Crippen molar-refractivity contribution in [2.75, 3.05) is 0 Å². The molecule has 1 aromatic heterocycles. The van der Waals surface area contributed by atoms with Gasteiger partial charge in [-0.3, -0.25) is 4.79 Å². The van der Waals surface area contributed by atoms with Gasteiger partial charge in [-0.05, 0) is 30.6 Å². The number of aromatic nitrogens is 2. The molecule has 3 atom stereocenters. The van der Waals surface area contributed by atoms with E-state index in [1.807, 2.05) is 0 Å². The van der Waals surface area contributed by atoms with Gasteiger partial charge in [-0.25, -0.2) is 4.98 Å². The van der Waals surface area contributed by atoms with Crippen molar-refractivity contribution in [1.82, 2.24) is 9.55 Å². The minimum absolute atomic E-state index is 0.0808. The third-order valence-electron chi connectivity index (χ3n) is 5.86. The summed E-state index contributed by atoms with van der Waals surface area (Å²) in [6, 6.07) is 0. The second-order valence-electron chi connectivity index (χ2n) is 6.82. The molecule has 4 heteroatoms. The fraction of sp³-hybridized carbons (Fsp3) is 0.733. The maximum Gasteiger partial charge on any atom is 0.326 e. The first-order chi connectivity index (χ1) is 8.93. The standard InChI is InChI=1S/C15H22N2O2/c1-14(2)11-4-5-15(14,3)12(8-11)19-13(18)9-17-7-6-16-10-17/h6-7,10-12H,4-5,8-9H2,1-3H3/t11-,12-,15+/m1/s1. The maximum atomic E-state index is 12.0. The van der Waals surface area contributed by atoms with Gasteiger partial charge in [0.25, 0.3) is 0 Å². The number of hydrogen-bond acceptors (Lipinski definition) is 3. The van der Waals surface area contributed by atoms with Gasteiger partial charge in [-0.1, -0.05) is 20.8 Å². The third-order valence-corrected chi connectivity index (χ3v) is 5.86. The summed E-state index contributed by atoms with van der Waals surface area (Å²) >= 11 is 0. The number of carbonyl (C=O) groups excluding carboxylic acids is 1. The van der Waals surface area contributed by atoms with Crippen molar-refractivity contribution in [3.05, 3.63) is 18.7 Å². The highest BCUT2D eigenvalue weighted by Gasteiger charge is 2.62. The molecule has 4 nitrogen and oxygen atoms in total. The van der Waals surface area contributed by atoms with Crippen LogP contribution in [0, 0.1) is 16.7 Å². The molecule has 2 saturated carbocycles. The lowest BCUT2D eigenvalue weighted by Gasteiger charge is -2.38. The normalized spacial score (nSPS) is 35.5. The van der Waals surface area contributed by atoms with Crippen LogP contribution in [0.25, 0.3) is 0 Å². The molecule has 104 valence electrons. The quantitative estimate of drug-likeness (QED) is 0.787. The largest absolute Gasteiger partial charge is 0.460 e. The fourth-order valence-electron chi connectivity index (χ4n) is 4.03. The molecule has 2 aliphatic carbocycles. The zero-order valence-electron chi connectivity index (χ0n) is 11.9. The van der Waals surface area contributed by atoms with Crippen LogP contribution < -0.4 is 0 Å². The lowest BCUT2D eigenvalue weighted by atomic mass is 9.70. The van der Waals surface area contributed by atoms with Crippen LogP contribution in [-0.4, -0.2) is 21.6 Å². The molecule has 0 spiro atoms. The molecule has 19 heavy (non-hydrogen) atoms. The van der Waals surface area contributed by atoms with Gasteiger partial charge in [0.05, 0.1) is 6.33 Å². The summed E-state index contributed by atoms with van der Waals surface area (Å²) < 4.78 is 7.52. The minimum Gasteiger partial charge on any atom is -0.460 e. The Bertz CT molecular complexity index is 480. The molecule has 0 saturated heterocycles. The summed E-state index contributed by atoms with van der Waals surface area (Å²) in [5.41, 5.74) is 0.426. The first-order valence-electron chi connectivity index (χ1n) is 7.09. The first-order valence-corrected chi connectivity index (χ1v) is 7.09. The molecular weight excluding hydrogens is 240 g/mol. The smallest absolute Gasteiger partial charge is 0.326 e. The van der Waals surface area contributed by atoms with Crippen LogP contribution in [-0.2, 0) is 16.1 Å². The van der Waals surface area contributed by atoms with Crippen molar-refractivity contribution >= 4 is 5.97 Å². The van der Waals surface area contributed by atoms with Gasteiger partial charge >= 0.3 is 5.97 Å². The Hall–Kier alpha value is -1.32. The first kappa shape index (κ1) is 12.7. The van der Waals surface area contributed by atoms with Crippen LogP contribution in [0.2, 0.25) is 0 Å². The van der Waals surface area contributed by atoms with Gasteiger partial charge in [0, 0.05) is 17.8 Å². The molecule has 3 rings (SSSR count). The molecule has 2 bridgehead atoms. The molecule has 0 radical (unpaired) electrons. The Kier molecular flexibility index (Phi) is 2.73. The number of carbonyl (C=O) groups is 1. The van der Waals surface area contributed by atoms with Crippen molar-refractivity contribution in [2.45, 2.75) is 52.7 Å². The molecule has 0 unspecified atom stereocenters. The van der Waals surface area contributed by atoms with Crippen LogP contribution in [0.1, 0.15) is 40.0 Å². The summed E-state index contributed by atoms with van der Waals surface area (Å²) in [5, 5.41) is 0. The highest BCUT2D eigenvalue weighted by Crippen LogP contribution is 2.66. The van der Waals surface area contributed by atoms with E-state index in [-0.39, 0.29) is 29.4 Å². The lowest BCUT2D eigenvalue weighted by Crippen LogP contribution is -2.38. The summed E-state index contributed by atoms with van der Waals surface area (Å²) in [7, 11) is 0. The predicted molar refractivity (Wildman–Crippen MR) is 71.3 cm³/mol. The predicted octanol–water partition coefficient (Wildman–Crippen LogP) is 2.64. The Morgan fingerprint density at radius 3 is 2.79 bits per heavy atom. The van der Waals surface area contributed by atoms with Crippen LogP contribution >= 0.6 is 0 Å². The van der Waals surface area contributed by atoms with Crippen LogP contribution in [0.3, 0.4) is 0 Å². The highest BCUT2D eigenvalue weighted by molar-refractivity contribution is 5.69. The van der Waals surface area contributed by atoms with E-state index in [0.29, 0.717) is 5.92 Å². The molecule has 2 aliphatic rings. The number of ether oxygens (including phenoxy) is 1. The zero-order valence-corrected chi connectivity index (χ0v) is 11.9. The van der Waals surface area contributed by atoms with Crippen molar-refractivity contribution in [3.63, 3.8) is 0 Å². The minimum atomic E-state index is -0.146. The van der Waals surface area contributed by atoms with Gasteiger partial charge in [-0.15, -0.1) is 0 Å². The monoisotopic (exact) mass is 262 g/mol. The average molecular weight is 262 g/mol. The number of imidazole rings is 1. The molecular formula is C15H22N2O2. The molecule has 1 heterocycles. The van der Waals surface area contributed by atoms with Crippen molar-refractivity contribution in [3.8, 4) is 0 Å². The van der Waals surface area contributed by atoms with E-state index >= 15 is 0 Å². The van der Waals surface area contributed by atoms with E-state index in [2.05, 4.69) is 25.8 Å². The van der Waals surface area contributed by atoms with Gasteiger partial charge in [0.15, 0.2) is 0 Å². The van der Waals surface area contributed by atoms with Crippen LogP contribution in [0.15, 0.2) is 18.7 Å². The van der Waals surface area contributed by atoms with Crippen molar-refractivity contribution < 1.29 is 9.53 Å². The van der Waals surface area contributed by atoms with E-state index in [1.54, 1.807) is 23.3 Å². The van der Waals surface area contributed by atoms with Gasteiger partial charge in [0.2, 0.25) is 0 Å². The van der Waals surface area contributed by atoms with E-state index in [1.165, 1.54) is 12.8 Å². The Morgan fingerprint density at radius 1 is 1.47 bits per heavy atom. The van der Waals surface area contributed by atoms with Gasteiger partial charge in [0.1, 0.15) is 12.6 Å². The lowest BCUT2D eigenvalue weighted by molar-refractivity contribution is -0.157. The Morgan fingerprint density at radius 2 is 2.26 bits per heavy atom. The summed E-state index contributed by atoms with van der Waals surface area (Å²) in [4.78, 5) is 16.0. The topological polar surface area (TPSA) is 44.1 Å². The van der Waals surface area contributed by atoms with Crippen LogP contribution in [0.5, 0.6) is 0 Å². The molecule has 2 fully saturated rings. The van der Waals surface area contributed by atoms with Gasteiger partial charge in [-0.2, -0.15) is 0 Å². The Labute approximate surface area is 114 Å². The van der Waals surface area contributed by atoms with E-state index in [4.69, 9.17) is 4.74 Å². The third kappa shape index (κ3) is 1.80. The number of esters is 1. The average Bonchev–Trinajstić information content (AvgIpc) is 2.95. The Balaban J connectivity index is 1.67. The maximum absolute atomic E-state index is 12.0. The van der Waals surface area contributed by atoms with E-state index in [9.17, 15) is 4.79 Å². The second-order valence-corrected chi connectivity index (χ2v) is 6.82. The summed E-state index contributed by atoms with van der Waals surface area (Å²) in [6.45, 7) is 7.20. The molecule has 0 amide bonds. The highest BCUT2D eigenvalue weighted by atomic mass is 16.5.